The number of hydrogen-bond acceptors (Lipinski definition) is 4. The highest BCUT2D eigenvalue weighted by molar-refractivity contribution is 5.68. The highest BCUT2D eigenvalue weighted by atomic mass is 16.5. The van der Waals surface area contributed by atoms with E-state index in [1.165, 1.54) is 6.07 Å². The molecular formula is C19H30O4. The molecule has 1 atom stereocenters. The summed E-state index contributed by atoms with van der Waals surface area (Å²) in [4.78, 5) is 11.1. The molecule has 0 amide bonds. The van der Waals surface area contributed by atoms with Gasteiger partial charge in [-0.2, -0.15) is 0 Å². The fourth-order valence-electron chi connectivity index (χ4n) is 2.74. The molecular weight excluding hydrogens is 292 g/mol. The van der Waals surface area contributed by atoms with E-state index in [2.05, 4.69) is 20.8 Å². The van der Waals surface area contributed by atoms with Crippen molar-refractivity contribution in [3.63, 3.8) is 0 Å². The van der Waals surface area contributed by atoms with Crippen LogP contribution in [0.3, 0.4) is 0 Å². The monoisotopic (exact) mass is 322 g/mol. The number of benzene rings is 1. The average molecular weight is 322 g/mol. The molecule has 4 nitrogen and oxygen atoms in total. The van der Waals surface area contributed by atoms with E-state index in [0.717, 1.165) is 31.2 Å². The van der Waals surface area contributed by atoms with Crippen LogP contribution in [0.4, 0.5) is 0 Å². The smallest absolute Gasteiger partial charge is 0.305 e. The Hall–Kier alpha value is -1.71. The topological polar surface area (TPSA) is 66.8 Å². The second kappa shape index (κ2) is 8.80. The second-order valence-corrected chi connectivity index (χ2v) is 6.95. The molecule has 0 bridgehead atoms. The summed E-state index contributed by atoms with van der Waals surface area (Å²) in [6.45, 7) is 8.67. The van der Waals surface area contributed by atoms with Gasteiger partial charge < -0.3 is 14.9 Å². The molecule has 0 aromatic heterocycles. The van der Waals surface area contributed by atoms with Gasteiger partial charge in [0.15, 0.2) is 0 Å². The Balaban J connectivity index is 2.40. The Morgan fingerprint density at radius 3 is 2.57 bits per heavy atom. The van der Waals surface area contributed by atoms with Crippen molar-refractivity contribution in [1.82, 2.24) is 0 Å². The Labute approximate surface area is 139 Å². The molecule has 1 unspecified atom stereocenters. The van der Waals surface area contributed by atoms with Crippen molar-refractivity contribution < 1.29 is 19.7 Å². The first kappa shape index (κ1) is 19.3. The quantitative estimate of drug-likeness (QED) is 0.656. The second-order valence-electron chi connectivity index (χ2n) is 6.95. The molecule has 0 saturated heterocycles. The summed E-state index contributed by atoms with van der Waals surface area (Å²) in [7, 11) is 0. The zero-order valence-corrected chi connectivity index (χ0v) is 14.8. The molecule has 0 aliphatic heterocycles. The van der Waals surface area contributed by atoms with Gasteiger partial charge in [-0.3, -0.25) is 4.79 Å². The fourth-order valence-corrected chi connectivity index (χ4v) is 2.74. The maximum atomic E-state index is 11.1. The van der Waals surface area contributed by atoms with Gasteiger partial charge in [0.25, 0.3) is 0 Å². The number of ether oxygens (including phenoxy) is 1. The summed E-state index contributed by atoms with van der Waals surface area (Å²) in [5, 5.41) is 19.4. The maximum Gasteiger partial charge on any atom is 0.305 e. The van der Waals surface area contributed by atoms with Crippen LogP contribution >= 0.6 is 0 Å². The average Bonchev–Trinajstić information content (AvgIpc) is 2.46. The van der Waals surface area contributed by atoms with Gasteiger partial charge in [-0.05, 0) is 35.8 Å². The first-order chi connectivity index (χ1) is 10.8. The standard InChI is InChI=1S/C19H30O4/c1-5-18(22)23-12-10-14(2)7-6-11-19(3,4)16-9-8-15(20)13-17(16)21/h8-9,13-14,20-21H,5-7,10-12H2,1-4H3. The molecule has 0 radical (unpaired) electrons. The maximum absolute atomic E-state index is 11.1. The van der Waals surface area contributed by atoms with E-state index >= 15 is 0 Å². The normalized spacial score (nSPS) is 12.9. The van der Waals surface area contributed by atoms with Crippen LogP contribution < -0.4 is 0 Å². The van der Waals surface area contributed by atoms with Gasteiger partial charge in [-0.15, -0.1) is 0 Å². The predicted octanol–water partition coefficient (Wildman–Crippen LogP) is 4.53. The van der Waals surface area contributed by atoms with Gasteiger partial charge in [0.1, 0.15) is 11.5 Å². The van der Waals surface area contributed by atoms with Gasteiger partial charge in [-0.25, -0.2) is 0 Å². The first-order valence-electron chi connectivity index (χ1n) is 8.44. The van der Waals surface area contributed by atoms with Crippen LogP contribution in [0.5, 0.6) is 11.5 Å². The number of esters is 1. The number of hydrogen-bond donors (Lipinski definition) is 2. The van der Waals surface area contributed by atoms with Crippen molar-refractivity contribution in [2.45, 2.75) is 65.2 Å². The SMILES string of the molecule is CCC(=O)OCCC(C)CCCC(C)(C)c1ccc(O)cc1O. The number of carbonyl (C=O) groups is 1. The van der Waals surface area contributed by atoms with Crippen molar-refractivity contribution in [3.05, 3.63) is 23.8 Å². The van der Waals surface area contributed by atoms with E-state index < -0.39 is 0 Å². The molecule has 23 heavy (non-hydrogen) atoms. The van der Waals surface area contributed by atoms with Crippen LogP contribution in [0, 0.1) is 5.92 Å². The van der Waals surface area contributed by atoms with Crippen molar-refractivity contribution in [2.75, 3.05) is 6.61 Å². The summed E-state index contributed by atoms with van der Waals surface area (Å²) >= 11 is 0. The lowest BCUT2D eigenvalue weighted by atomic mass is 9.79. The summed E-state index contributed by atoms with van der Waals surface area (Å²) in [5.74, 6) is 0.594. The van der Waals surface area contributed by atoms with Gasteiger partial charge in [0.05, 0.1) is 6.61 Å². The number of aromatic hydroxyl groups is 2. The molecule has 1 rings (SSSR count). The molecule has 130 valence electrons. The molecule has 0 spiro atoms. The molecule has 1 aromatic rings. The molecule has 0 heterocycles. The van der Waals surface area contributed by atoms with Crippen LogP contribution in [0.15, 0.2) is 18.2 Å². The third-order valence-corrected chi connectivity index (χ3v) is 4.37. The van der Waals surface area contributed by atoms with Crippen LogP contribution in [0.2, 0.25) is 0 Å². The largest absolute Gasteiger partial charge is 0.508 e. The minimum absolute atomic E-state index is 0.0808. The summed E-state index contributed by atoms with van der Waals surface area (Å²) < 4.78 is 5.11. The van der Waals surface area contributed by atoms with Gasteiger partial charge in [-0.1, -0.05) is 46.6 Å². The number of phenolic OH excluding ortho intramolecular Hbond substituents is 2. The summed E-state index contributed by atoms with van der Waals surface area (Å²) in [5.41, 5.74) is 0.714. The van der Waals surface area contributed by atoms with Crippen LogP contribution in [-0.2, 0) is 14.9 Å². The van der Waals surface area contributed by atoms with Crippen LogP contribution in [-0.4, -0.2) is 22.8 Å². The molecule has 0 fully saturated rings. The number of carbonyl (C=O) groups excluding carboxylic acids is 1. The van der Waals surface area contributed by atoms with Crippen molar-refractivity contribution in [2.24, 2.45) is 5.92 Å². The Morgan fingerprint density at radius 2 is 1.96 bits per heavy atom. The molecule has 2 N–H and O–H groups in total. The molecule has 0 saturated carbocycles. The number of phenols is 2. The Kier molecular flexibility index (Phi) is 7.40. The van der Waals surface area contributed by atoms with E-state index in [-0.39, 0.29) is 22.9 Å². The fraction of sp³-hybridized carbons (Fsp3) is 0.632. The lowest BCUT2D eigenvalue weighted by molar-refractivity contribution is -0.143. The van der Waals surface area contributed by atoms with Gasteiger partial charge in [0, 0.05) is 12.5 Å². The van der Waals surface area contributed by atoms with Gasteiger partial charge >= 0.3 is 5.97 Å². The van der Waals surface area contributed by atoms with Crippen LogP contribution in [0.1, 0.15) is 65.4 Å². The van der Waals surface area contributed by atoms with E-state index in [4.69, 9.17) is 4.74 Å². The minimum atomic E-state index is -0.147. The van der Waals surface area contributed by atoms with Crippen LogP contribution in [0.25, 0.3) is 0 Å². The van der Waals surface area contributed by atoms with E-state index in [1.54, 1.807) is 19.1 Å². The molecule has 1 aromatic carbocycles. The zero-order valence-electron chi connectivity index (χ0n) is 14.8. The van der Waals surface area contributed by atoms with E-state index in [0.29, 0.717) is 18.9 Å². The van der Waals surface area contributed by atoms with Crippen molar-refractivity contribution >= 4 is 5.97 Å². The molecule has 0 aliphatic carbocycles. The molecule has 4 heteroatoms. The number of rotatable bonds is 9. The highest BCUT2D eigenvalue weighted by Crippen LogP contribution is 2.37. The van der Waals surface area contributed by atoms with Crippen molar-refractivity contribution in [1.29, 1.82) is 0 Å². The van der Waals surface area contributed by atoms with Gasteiger partial charge in [0.2, 0.25) is 0 Å². The summed E-state index contributed by atoms with van der Waals surface area (Å²) in [6.07, 6.45) is 4.36. The highest BCUT2D eigenvalue weighted by Gasteiger charge is 2.24. The summed E-state index contributed by atoms with van der Waals surface area (Å²) in [6, 6.07) is 4.79. The van der Waals surface area contributed by atoms with Crippen molar-refractivity contribution in [3.8, 4) is 11.5 Å². The third-order valence-electron chi connectivity index (χ3n) is 4.37. The van der Waals surface area contributed by atoms with E-state index in [9.17, 15) is 15.0 Å². The molecule has 0 aliphatic rings. The Bertz CT molecular complexity index is 508. The lowest BCUT2D eigenvalue weighted by Crippen LogP contribution is -2.17. The minimum Gasteiger partial charge on any atom is -0.508 e. The third kappa shape index (κ3) is 6.51. The predicted molar refractivity (Wildman–Crippen MR) is 91.7 cm³/mol. The first-order valence-corrected chi connectivity index (χ1v) is 8.44. The Morgan fingerprint density at radius 1 is 1.26 bits per heavy atom. The zero-order chi connectivity index (χ0) is 17.5. The lowest BCUT2D eigenvalue weighted by Gasteiger charge is -2.27. The van der Waals surface area contributed by atoms with E-state index in [1.807, 2.05) is 0 Å².